The van der Waals surface area contributed by atoms with Gasteiger partial charge in [0.25, 0.3) is 0 Å². The molecule has 0 aliphatic carbocycles. The maximum absolute atomic E-state index is 13.1. The molecule has 0 spiro atoms. The minimum absolute atomic E-state index is 0.0741. The summed E-state index contributed by atoms with van der Waals surface area (Å²) in [5.74, 6) is -0.376. The molecule has 44 heavy (non-hydrogen) atoms. The second kappa shape index (κ2) is 19.2. The van der Waals surface area contributed by atoms with Gasteiger partial charge >= 0.3 is 12.4 Å². The van der Waals surface area contributed by atoms with Crippen LogP contribution in [0.5, 0.6) is 0 Å². The summed E-state index contributed by atoms with van der Waals surface area (Å²) in [7, 11) is 3.75. The quantitative estimate of drug-likeness (QED) is 0.130. The summed E-state index contributed by atoms with van der Waals surface area (Å²) >= 11 is 5.54. The van der Waals surface area contributed by atoms with Gasteiger partial charge in [0, 0.05) is 29.4 Å². The highest BCUT2D eigenvalue weighted by atomic mass is 35.5. The number of benzene rings is 2. The fraction of sp³-hybridized carbons (Fsp3) is 0.375. The number of carbonyl (C=O) groups excluding carboxylic acids is 1. The van der Waals surface area contributed by atoms with Crippen molar-refractivity contribution >= 4 is 17.9 Å². The van der Waals surface area contributed by atoms with E-state index in [1.807, 2.05) is 58.3 Å². The van der Waals surface area contributed by atoms with Gasteiger partial charge in [-0.3, -0.25) is 9.78 Å². The van der Waals surface area contributed by atoms with E-state index in [0.29, 0.717) is 18.4 Å². The molecule has 5 nitrogen and oxygen atoms in total. The molecule has 0 amide bonds. The summed E-state index contributed by atoms with van der Waals surface area (Å²) in [6.07, 6.45) is -6.34. The van der Waals surface area contributed by atoms with Crippen molar-refractivity contribution in [1.29, 1.82) is 0 Å². The zero-order chi connectivity index (χ0) is 34.1. The molecular formula is C32H41ClF6N4O. The van der Waals surface area contributed by atoms with Crippen LogP contribution in [0.15, 0.2) is 79.5 Å². The molecule has 12 heteroatoms. The largest absolute Gasteiger partial charge is 0.416 e. The number of aldehydes is 1. The highest BCUT2D eigenvalue weighted by Gasteiger charge is 2.39. The van der Waals surface area contributed by atoms with Crippen LogP contribution in [0.1, 0.15) is 60.4 Å². The smallest absolute Gasteiger partial charge is 0.323 e. The van der Waals surface area contributed by atoms with Crippen LogP contribution in [0.3, 0.4) is 0 Å². The maximum atomic E-state index is 13.1. The lowest BCUT2D eigenvalue weighted by Gasteiger charge is -2.38. The number of hydrogen-bond donors (Lipinski definition) is 3. The number of pyridine rings is 1. The van der Waals surface area contributed by atoms with E-state index in [-0.39, 0.29) is 35.3 Å². The first-order chi connectivity index (χ1) is 20.5. The standard InChI is InChI=1S/C22H23F6N3O.C6H5Cl.C2H7N.C2H6/c1-4-13(2)18(20(3,29)19-15(12-32)6-5-7-30-19)31-11-14-8-16(21(23,24)25)10-17(9-14)22(26,27)28;7-6-4-2-1-3-5-6;1-3-2;1-2/h4-10,12-13,18,31H,1,11,29H2,2-3H3;1-5H;3H,1-2H3;1-2H3/t13?,18?,20-;;;/m0.../s1. The molecule has 0 saturated heterocycles. The Hall–Kier alpha value is -3.25. The van der Waals surface area contributed by atoms with Crippen molar-refractivity contribution in [2.75, 3.05) is 14.1 Å². The van der Waals surface area contributed by atoms with Crippen LogP contribution in [-0.4, -0.2) is 31.4 Å². The van der Waals surface area contributed by atoms with Crippen molar-refractivity contribution in [1.82, 2.24) is 15.6 Å². The number of carbonyl (C=O) groups is 1. The molecule has 1 heterocycles. The van der Waals surface area contributed by atoms with E-state index in [1.165, 1.54) is 12.3 Å². The lowest BCUT2D eigenvalue weighted by molar-refractivity contribution is -0.143. The van der Waals surface area contributed by atoms with Crippen molar-refractivity contribution in [3.8, 4) is 0 Å². The number of nitrogens with one attached hydrogen (secondary N) is 2. The Morgan fingerprint density at radius 1 is 0.955 bits per heavy atom. The number of aromatic nitrogens is 1. The van der Waals surface area contributed by atoms with E-state index < -0.39 is 35.1 Å². The highest BCUT2D eigenvalue weighted by molar-refractivity contribution is 6.30. The number of alkyl halides is 6. The van der Waals surface area contributed by atoms with Crippen molar-refractivity contribution in [3.63, 3.8) is 0 Å². The number of rotatable bonds is 8. The number of nitrogens with two attached hydrogens (primary N) is 1. The van der Waals surface area contributed by atoms with Gasteiger partial charge in [-0.1, -0.05) is 56.6 Å². The first-order valence-corrected chi connectivity index (χ1v) is 14.0. The van der Waals surface area contributed by atoms with E-state index in [0.717, 1.165) is 5.02 Å². The summed E-state index contributed by atoms with van der Waals surface area (Å²) in [6.45, 7) is 10.7. The molecule has 4 N–H and O–H groups in total. The Morgan fingerprint density at radius 3 is 1.84 bits per heavy atom. The Morgan fingerprint density at radius 2 is 1.45 bits per heavy atom. The number of nitrogens with zero attached hydrogens (tertiary/aromatic N) is 1. The minimum Gasteiger partial charge on any atom is -0.323 e. The average Bonchev–Trinajstić information content (AvgIpc) is 2.98. The molecule has 0 aliphatic rings. The zero-order valence-electron chi connectivity index (χ0n) is 25.7. The van der Waals surface area contributed by atoms with E-state index >= 15 is 0 Å². The van der Waals surface area contributed by atoms with Crippen molar-refractivity contribution in [2.24, 2.45) is 11.7 Å². The van der Waals surface area contributed by atoms with Crippen LogP contribution in [0, 0.1) is 5.92 Å². The first-order valence-electron chi connectivity index (χ1n) is 13.7. The zero-order valence-corrected chi connectivity index (χ0v) is 26.4. The summed E-state index contributed by atoms with van der Waals surface area (Å²) in [6, 6.07) is 13.2. The van der Waals surface area contributed by atoms with Gasteiger partial charge in [-0.15, -0.1) is 6.58 Å². The fourth-order valence-electron chi connectivity index (χ4n) is 3.95. The molecule has 0 radical (unpaired) electrons. The van der Waals surface area contributed by atoms with E-state index in [1.54, 1.807) is 26.0 Å². The predicted molar refractivity (Wildman–Crippen MR) is 165 cm³/mol. The van der Waals surface area contributed by atoms with E-state index in [4.69, 9.17) is 17.3 Å². The fourth-order valence-corrected chi connectivity index (χ4v) is 4.10. The molecule has 1 aromatic heterocycles. The Labute approximate surface area is 260 Å². The third kappa shape index (κ3) is 13.2. The molecule has 244 valence electrons. The molecule has 2 unspecified atom stereocenters. The third-order valence-corrected chi connectivity index (χ3v) is 6.18. The van der Waals surface area contributed by atoms with Crippen LogP contribution in [0.4, 0.5) is 26.3 Å². The number of hydrogen-bond acceptors (Lipinski definition) is 5. The summed E-state index contributed by atoms with van der Waals surface area (Å²) in [5, 5.41) is 6.49. The van der Waals surface area contributed by atoms with E-state index in [9.17, 15) is 31.1 Å². The maximum Gasteiger partial charge on any atom is 0.416 e. The molecular weight excluding hydrogens is 606 g/mol. The molecule has 0 saturated carbocycles. The topological polar surface area (TPSA) is 80.0 Å². The SMILES string of the molecule is C=CC(C)C(NCc1cc(C(F)(F)F)cc(C(F)(F)F)c1)[C@](C)(N)c1ncccc1C=O.CC.CNC.Clc1ccccc1. The molecule has 0 aliphatic heterocycles. The minimum atomic E-state index is -4.95. The van der Waals surface area contributed by atoms with Gasteiger partial charge in [-0.2, -0.15) is 26.3 Å². The van der Waals surface area contributed by atoms with Crippen LogP contribution >= 0.6 is 11.6 Å². The monoisotopic (exact) mass is 646 g/mol. The van der Waals surface area contributed by atoms with Gasteiger partial charge < -0.3 is 16.4 Å². The van der Waals surface area contributed by atoms with Crippen LogP contribution in [0.2, 0.25) is 5.02 Å². The van der Waals surface area contributed by atoms with Crippen LogP contribution in [-0.2, 0) is 24.4 Å². The highest BCUT2D eigenvalue weighted by Crippen LogP contribution is 2.36. The second-order valence-corrected chi connectivity index (χ2v) is 9.94. The third-order valence-electron chi connectivity index (χ3n) is 5.93. The van der Waals surface area contributed by atoms with Gasteiger partial charge in [0.2, 0.25) is 0 Å². The van der Waals surface area contributed by atoms with Gasteiger partial charge in [-0.05, 0) is 75.0 Å². The molecule has 0 fully saturated rings. The summed E-state index contributed by atoms with van der Waals surface area (Å²) < 4.78 is 78.9. The van der Waals surface area contributed by atoms with Crippen molar-refractivity contribution < 1.29 is 31.1 Å². The van der Waals surface area contributed by atoms with Crippen molar-refractivity contribution in [2.45, 2.75) is 58.2 Å². The molecule has 0 bridgehead atoms. The van der Waals surface area contributed by atoms with Gasteiger partial charge in [0.1, 0.15) is 0 Å². The van der Waals surface area contributed by atoms with Gasteiger partial charge in [0.05, 0.1) is 22.4 Å². The van der Waals surface area contributed by atoms with Gasteiger partial charge in [0.15, 0.2) is 6.29 Å². The summed E-state index contributed by atoms with van der Waals surface area (Å²) in [5.41, 5.74) is 2.63. The molecule has 2 aromatic carbocycles. The Kier molecular flexibility index (Phi) is 17.8. The normalized spacial score (nSPS) is 13.7. The van der Waals surface area contributed by atoms with Crippen molar-refractivity contribution in [3.05, 3.63) is 112 Å². The first kappa shape index (κ1) is 40.8. The second-order valence-electron chi connectivity index (χ2n) is 9.50. The predicted octanol–water partition coefficient (Wildman–Crippen LogP) is 8.29. The lowest BCUT2D eigenvalue weighted by atomic mass is 9.80. The van der Waals surface area contributed by atoms with E-state index in [2.05, 4.69) is 22.2 Å². The lowest BCUT2D eigenvalue weighted by Crippen LogP contribution is -2.56. The molecule has 3 aromatic rings. The number of halogens is 7. The van der Waals surface area contributed by atoms with Crippen LogP contribution < -0.4 is 16.4 Å². The Bertz CT molecular complexity index is 1240. The molecule has 3 rings (SSSR count). The Balaban J connectivity index is 0.00000130. The molecule has 3 atom stereocenters. The van der Waals surface area contributed by atoms with Crippen LogP contribution in [0.25, 0.3) is 0 Å². The van der Waals surface area contributed by atoms with Gasteiger partial charge in [-0.25, -0.2) is 0 Å². The average molecular weight is 647 g/mol. The summed E-state index contributed by atoms with van der Waals surface area (Å²) in [4.78, 5) is 15.6.